The minimum Gasteiger partial charge on any atom is -0.147 e. The average molecular weight is 799 g/mol. The molecular weight excluding hydrogens is 739 g/mol. The third kappa shape index (κ3) is 12.7. The van der Waals surface area contributed by atoms with Gasteiger partial charge in [0.15, 0.2) is 0 Å². The summed E-state index contributed by atoms with van der Waals surface area (Å²) in [6, 6.07) is 38.8. The fourth-order valence-electron chi connectivity index (χ4n) is 6.40. The van der Waals surface area contributed by atoms with Crippen LogP contribution >= 0.6 is 11.6 Å². The molecule has 278 valence electrons. The van der Waals surface area contributed by atoms with Crippen LogP contribution in [0.3, 0.4) is 0 Å². The van der Waals surface area contributed by atoms with E-state index in [0.29, 0.717) is 0 Å². The van der Waals surface area contributed by atoms with Crippen molar-refractivity contribution in [1.82, 2.24) is 0 Å². The van der Waals surface area contributed by atoms with Gasteiger partial charge in [-0.15, -0.1) is 70.3 Å². The number of fused-ring (bicyclic) bond motifs is 4. The summed E-state index contributed by atoms with van der Waals surface area (Å²) in [7, 11) is 0. The van der Waals surface area contributed by atoms with Crippen molar-refractivity contribution in [1.29, 1.82) is 0 Å². The van der Waals surface area contributed by atoms with Crippen LogP contribution in [0.5, 0.6) is 0 Å². The van der Waals surface area contributed by atoms with Gasteiger partial charge in [-0.25, -0.2) is 12.2 Å². The molecule has 53 heavy (non-hydrogen) atoms. The average Bonchev–Trinajstić information content (AvgIpc) is 3.79. The second-order valence-corrected chi connectivity index (χ2v) is 18.1. The maximum absolute atomic E-state index is 5.51. The van der Waals surface area contributed by atoms with Crippen LogP contribution in [-0.2, 0) is 52.3 Å². The fourth-order valence-corrected chi connectivity index (χ4v) is 6.54. The van der Waals surface area contributed by atoms with Gasteiger partial charge in [-0.1, -0.05) is 123 Å². The van der Waals surface area contributed by atoms with E-state index in [1.54, 1.807) is 6.07 Å². The third-order valence-electron chi connectivity index (χ3n) is 9.06. The van der Waals surface area contributed by atoms with Crippen molar-refractivity contribution < 1.29 is 24.2 Å². The molecule has 0 amide bonds. The molecule has 0 bridgehead atoms. The molecule has 0 heterocycles. The Hall–Kier alpha value is -3.12. The maximum atomic E-state index is 5.51. The van der Waals surface area contributed by atoms with Gasteiger partial charge in [0.25, 0.3) is 0 Å². The van der Waals surface area contributed by atoms with Gasteiger partial charge in [-0.3, -0.25) is 6.08 Å². The Morgan fingerprint density at radius 2 is 1.25 bits per heavy atom. The molecule has 0 nitrogen and oxygen atoms in total. The first-order chi connectivity index (χ1) is 24.8. The monoisotopic (exact) mass is 796 g/mol. The van der Waals surface area contributed by atoms with E-state index < -0.39 is 0 Å². The zero-order valence-electron chi connectivity index (χ0n) is 34.3. The molecule has 0 unspecified atom stereocenters. The van der Waals surface area contributed by atoms with Gasteiger partial charge < -0.3 is 0 Å². The summed E-state index contributed by atoms with van der Waals surface area (Å²) < 4.78 is 3.34. The van der Waals surface area contributed by atoms with E-state index in [2.05, 4.69) is 154 Å². The van der Waals surface area contributed by atoms with Gasteiger partial charge in [-0.2, -0.15) is 65.7 Å². The Morgan fingerprint density at radius 1 is 0.660 bits per heavy atom. The Balaban J connectivity index is 0.000000251. The van der Waals surface area contributed by atoms with E-state index in [0.717, 1.165) is 17.9 Å². The molecule has 0 aromatic heterocycles. The fraction of sp³-hybridized carbons (Fsp3) is 0.353. The molecular formula is C51H59ClZr-4. The smallest absolute Gasteiger partial charge is 0.0801 e. The summed E-state index contributed by atoms with van der Waals surface area (Å²) in [6.45, 7) is 28.0. The molecule has 0 saturated carbocycles. The summed E-state index contributed by atoms with van der Waals surface area (Å²) in [4.78, 5) is 0. The summed E-state index contributed by atoms with van der Waals surface area (Å²) in [5.74, 6) is 0. The second-order valence-electron chi connectivity index (χ2n) is 17.7. The molecule has 2 aliphatic carbocycles. The molecule has 0 fully saturated rings. The molecule has 0 radical (unpaired) electrons. The SMILES string of the molecule is CC(C)(C)c1[c-]c2c(cc1C(C)(C)C)-c1cc(C(C)(C)C)c(C(C)(C)C)cc1C2.Clc1c[c-]ccc1.[C-]1=CC=CC1.[CH2]=[Zr].[c-]1cccc2ccccc12. The van der Waals surface area contributed by atoms with Crippen LogP contribution in [0.25, 0.3) is 21.9 Å². The van der Waals surface area contributed by atoms with Gasteiger partial charge >= 0.3 is 28.4 Å². The Morgan fingerprint density at radius 3 is 1.72 bits per heavy atom. The van der Waals surface area contributed by atoms with Gasteiger partial charge in [-0.05, 0) is 39.4 Å². The minimum atomic E-state index is 0.0968. The van der Waals surface area contributed by atoms with E-state index in [1.165, 1.54) is 79.5 Å². The number of benzene rings is 5. The Kier molecular flexibility index (Phi) is 15.8. The van der Waals surface area contributed by atoms with Crippen LogP contribution in [0.15, 0.2) is 103 Å². The van der Waals surface area contributed by atoms with Crippen LogP contribution < -0.4 is 0 Å². The van der Waals surface area contributed by atoms with Crippen molar-refractivity contribution in [2.75, 3.05) is 0 Å². The molecule has 2 aliphatic rings. The zero-order valence-corrected chi connectivity index (χ0v) is 37.5. The molecule has 7 rings (SSSR count). The molecule has 0 spiro atoms. The topological polar surface area (TPSA) is 0 Å². The zero-order chi connectivity index (χ0) is 39.6. The van der Waals surface area contributed by atoms with Crippen molar-refractivity contribution in [3.63, 3.8) is 0 Å². The molecule has 5 aromatic carbocycles. The van der Waals surface area contributed by atoms with Crippen molar-refractivity contribution in [2.24, 2.45) is 0 Å². The third-order valence-corrected chi connectivity index (χ3v) is 9.30. The van der Waals surface area contributed by atoms with E-state index in [9.17, 15) is 0 Å². The van der Waals surface area contributed by atoms with E-state index in [4.69, 9.17) is 11.6 Å². The quantitative estimate of drug-likeness (QED) is 0.134. The van der Waals surface area contributed by atoms with Gasteiger partial charge in [0.1, 0.15) is 0 Å². The second kappa shape index (κ2) is 19.0. The largest absolute Gasteiger partial charge is 0.147 e. The van der Waals surface area contributed by atoms with Crippen molar-refractivity contribution >= 4 is 26.6 Å². The molecule has 5 aromatic rings. The van der Waals surface area contributed by atoms with Crippen molar-refractivity contribution in [3.05, 3.63) is 166 Å². The van der Waals surface area contributed by atoms with Crippen molar-refractivity contribution in [3.8, 4) is 11.1 Å². The van der Waals surface area contributed by atoms with E-state index in [-0.39, 0.29) is 21.7 Å². The van der Waals surface area contributed by atoms with Crippen LogP contribution in [0.1, 0.15) is 123 Å². The minimum absolute atomic E-state index is 0.0968. The first kappa shape index (κ1) is 44.3. The maximum Gasteiger partial charge on any atom is -0.0801 e. The normalized spacial score (nSPS) is 12.8. The van der Waals surface area contributed by atoms with Gasteiger partial charge in [0.05, 0.1) is 0 Å². The molecule has 0 atom stereocenters. The predicted octanol–water partition coefficient (Wildman–Crippen LogP) is 14.3. The standard InChI is InChI=1S/C29H41.C10H7.C6H4Cl.C5H5.CH2.Zr/c1-26(2,3)22-14-18-13-19-15-23(27(4,5)6)25(29(10,11)12)17-21(19)20(18)16-24(22)28(7,8)9;1-2-6-10-8-4-3-7-9(10)5-1;7-6-4-2-1-3-5-6;1-2-4-5-3-1;;/h14,16-17H,13H2,1-12H3;1-7H;1-2,4-5H;1-3H,4H2;1H2;/q4*-1;;. The summed E-state index contributed by atoms with van der Waals surface area (Å²) in [5.41, 5.74) is 11.9. The molecule has 0 aliphatic heterocycles. The number of hydrogen-bond acceptors (Lipinski definition) is 0. The number of rotatable bonds is 0. The molecule has 0 saturated heterocycles. The number of allylic oxidation sites excluding steroid dienone is 4. The molecule has 0 N–H and O–H groups in total. The summed E-state index contributed by atoms with van der Waals surface area (Å²) >= 11 is 6.81. The number of halogens is 1. The van der Waals surface area contributed by atoms with Gasteiger partial charge in [0.2, 0.25) is 0 Å². The Labute approximate surface area is 343 Å². The predicted molar refractivity (Wildman–Crippen MR) is 230 cm³/mol. The van der Waals surface area contributed by atoms with E-state index >= 15 is 0 Å². The molecule has 2 heteroatoms. The van der Waals surface area contributed by atoms with Gasteiger partial charge in [0, 0.05) is 0 Å². The summed E-state index contributed by atoms with van der Waals surface area (Å²) in [5, 5.41) is 3.18. The van der Waals surface area contributed by atoms with Crippen LogP contribution in [-0.4, -0.2) is 4.21 Å². The van der Waals surface area contributed by atoms with E-state index in [1.807, 2.05) is 54.6 Å². The first-order valence-corrected chi connectivity index (χ1v) is 20.7. The number of hydrogen-bond donors (Lipinski definition) is 0. The Bertz CT molecular complexity index is 1830. The first-order valence-electron chi connectivity index (χ1n) is 18.6. The van der Waals surface area contributed by atoms with Crippen LogP contribution in [0.2, 0.25) is 5.02 Å². The van der Waals surface area contributed by atoms with Crippen LogP contribution in [0.4, 0.5) is 0 Å². The van der Waals surface area contributed by atoms with Crippen LogP contribution in [0, 0.1) is 24.3 Å². The summed E-state index contributed by atoms with van der Waals surface area (Å²) in [6.07, 6.45) is 11.0. The van der Waals surface area contributed by atoms with Crippen molar-refractivity contribution in [2.45, 2.75) is 118 Å².